The van der Waals surface area contributed by atoms with Crippen LogP contribution in [0.4, 0.5) is 5.69 Å². The fourth-order valence-corrected chi connectivity index (χ4v) is 4.96. The summed E-state index contributed by atoms with van der Waals surface area (Å²) in [6.07, 6.45) is 1.67. The number of aryl methyl sites for hydroxylation is 2. The highest BCUT2D eigenvalue weighted by Crippen LogP contribution is 2.38. The summed E-state index contributed by atoms with van der Waals surface area (Å²) in [5, 5.41) is 9.77. The molecule has 36 heavy (non-hydrogen) atoms. The molecule has 1 saturated heterocycles. The summed E-state index contributed by atoms with van der Waals surface area (Å²) in [7, 11) is 0. The number of carboxylic acids is 1. The number of carbonyl (C=O) groups excluding carboxylic acids is 1. The number of hydrogen-bond acceptors (Lipinski definition) is 6. The van der Waals surface area contributed by atoms with Crippen LogP contribution in [0.3, 0.4) is 0 Å². The molecule has 3 aromatic carbocycles. The molecule has 4 rings (SSSR count). The lowest BCUT2D eigenvalue weighted by molar-refractivity contribution is -0.113. The molecule has 0 atom stereocenters. The number of carbonyl (C=O) groups is 2. The molecule has 9 heteroatoms. The van der Waals surface area contributed by atoms with E-state index in [1.165, 1.54) is 22.6 Å². The highest BCUT2D eigenvalue weighted by Gasteiger charge is 2.33. The van der Waals surface area contributed by atoms with Gasteiger partial charge in [0.2, 0.25) is 0 Å². The van der Waals surface area contributed by atoms with Crippen molar-refractivity contribution < 1.29 is 24.2 Å². The third-order valence-corrected chi connectivity index (χ3v) is 7.03. The van der Waals surface area contributed by atoms with Crippen molar-refractivity contribution in [2.45, 2.75) is 13.8 Å². The molecule has 1 fully saturated rings. The molecule has 1 aliphatic heterocycles. The summed E-state index contributed by atoms with van der Waals surface area (Å²) >= 11 is 12.8. The van der Waals surface area contributed by atoms with E-state index >= 15 is 0 Å². The Labute approximate surface area is 223 Å². The van der Waals surface area contributed by atoms with Crippen LogP contribution < -0.4 is 14.4 Å². The fraction of sp³-hybridized carbons (Fsp3) is 0.148. The van der Waals surface area contributed by atoms with E-state index in [-0.39, 0.29) is 11.5 Å². The number of thioether (sulfide) groups is 1. The first-order valence-electron chi connectivity index (χ1n) is 11.0. The van der Waals surface area contributed by atoms with Crippen molar-refractivity contribution in [3.05, 3.63) is 92.8 Å². The molecule has 184 valence electrons. The van der Waals surface area contributed by atoms with Crippen molar-refractivity contribution in [3.8, 4) is 11.5 Å². The highest BCUT2D eigenvalue weighted by atomic mass is 35.5. The third kappa shape index (κ3) is 5.90. The van der Waals surface area contributed by atoms with E-state index in [1.54, 1.807) is 36.4 Å². The van der Waals surface area contributed by atoms with Crippen LogP contribution in [0.2, 0.25) is 5.02 Å². The molecular weight excluding hydrogens is 518 g/mol. The lowest BCUT2D eigenvalue weighted by Gasteiger charge is -2.15. The lowest BCUT2D eigenvalue weighted by Crippen LogP contribution is -2.27. The average Bonchev–Trinajstić information content (AvgIpc) is 3.12. The Balaban J connectivity index is 1.49. The summed E-state index contributed by atoms with van der Waals surface area (Å²) in [6.45, 7) is 4.71. The lowest BCUT2D eigenvalue weighted by atomic mass is 10.1. The van der Waals surface area contributed by atoms with Gasteiger partial charge < -0.3 is 14.6 Å². The van der Waals surface area contributed by atoms with Crippen molar-refractivity contribution in [2.24, 2.45) is 0 Å². The van der Waals surface area contributed by atoms with Crippen LogP contribution in [-0.4, -0.2) is 34.5 Å². The fourth-order valence-electron chi connectivity index (χ4n) is 3.49. The quantitative estimate of drug-likeness (QED) is 0.198. The largest absolute Gasteiger partial charge is 0.490 e. The van der Waals surface area contributed by atoms with Gasteiger partial charge in [-0.2, -0.15) is 0 Å². The van der Waals surface area contributed by atoms with E-state index in [2.05, 4.69) is 0 Å². The second kappa shape index (κ2) is 11.2. The van der Waals surface area contributed by atoms with Gasteiger partial charge in [0.15, 0.2) is 4.32 Å². The summed E-state index contributed by atoms with van der Waals surface area (Å²) in [5.41, 5.74) is 3.43. The molecule has 0 aromatic heterocycles. The van der Waals surface area contributed by atoms with Gasteiger partial charge in [-0.1, -0.05) is 47.7 Å². The van der Waals surface area contributed by atoms with Gasteiger partial charge in [0.05, 0.1) is 16.2 Å². The number of anilines is 1. The van der Waals surface area contributed by atoms with Gasteiger partial charge in [0, 0.05) is 10.6 Å². The van der Waals surface area contributed by atoms with Gasteiger partial charge in [-0.25, -0.2) is 4.79 Å². The van der Waals surface area contributed by atoms with Crippen molar-refractivity contribution in [2.75, 3.05) is 18.1 Å². The minimum absolute atomic E-state index is 0.0686. The first-order valence-corrected chi connectivity index (χ1v) is 12.6. The zero-order chi connectivity index (χ0) is 25.8. The Bertz CT molecular complexity index is 1390. The normalized spacial score (nSPS) is 14.4. The first kappa shape index (κ1) is 25.8. The van der Waals surface area contributed by atoms with E-state index in [0.29, 0.717) is 44.5 Å². The summed E-state index contributed by atoms with van der Waals surface area (Å²) in [4.78, 5) is 26.2. The van der Waals surface area contributed by atoms with Crippen LogP contribution >= 0.6 is 35.6 Å². The van der Waals surface area contributed by atoms with Crippen LogP contribution in [-0.2, 0) is 4.79 Å². The van der Waals surface area contributed by atoms with Crippen LogP contribution in [0, 0.1) is 13.8 Å². The predicted molar refractivity (Wildman–Crippen MR) is 147 cm³/mol. The smallest absolute Gasteiger partial charge is 0.335 e. The number of rotatable bonds is 8. The number of aromatic carboxylic acids is 1. The molecule has 0 spiro atoms. The molecule has 3 aromatic rings. The maximum Gasteiger partial charge on any atom is 0.335 e. The first-order chi connectivity index (χ1) is 17.2. The minimum atomic E-state index is -1.08. The maximum atomic E-state index is 13.2. The average molecular weight is 540 g/mol. The van der Waals surface area contributed by atoms with E-state index in [1.807, 2.05) is 32.0 Å². The Hall–Kier alpha value is -3.33. The Morgan fingerprint density at radius 2 is 1.83 bits per heavy atom. The van der Waals surface area contributed by atoms with Gasteiger partial charge in [0.25, 0.3) is 5.91 Å². The van der Waals surface area contributed by atoms with Crippen LogP contribution in [0.25, 0.3) is 6.08 Å². The van der Waals surface area contributed by atoms with Crippen LogP contribution in [0.15, 0.2) is 65.6 Å². The molecule has 0 unspecified atom stereocenters. The SMILES string of the molecule is Cc1ccc(OCCOc2ccc(Cl)cc2/C=C2\SC(=S)N(c3cccc(C(=O)O)c3)C2=O)cc1C. The third-order valence-electron chi connectivity index (χ3n) is 5.49. The van der Waals surface area contributed by atoms with E-state index in [0.717, 1.165) is 23.1 Å². The molecular formula is C27H22ClNO5S2. The number of nitrogens with zero attached hydrogens (tertiary/aromatic N) is 1. The van der Waals surface area contributed by atoms with Crippen LogP contribution in [0.1, 0.15) is 27.0 Å². The van der Waals surface area contributed by atoms with Crippen molar-refractivity contribution in [1.29, 1.82) is 0 Å². The summed E-state index contributed by atoms with van der Waals surface area (Å²) in [6, 6.07) is 17.2. The molecule has 0 aliphatic carbocycles. The highest BCUT2D eigenvalue weighted by molar-refractivity contribution is 8.27. The molecule has 0 radical (unpaired) electrons. The Kier molecular flexibility index (Phi) is 7.98. The zero-order valence-corrected chi connectivity index (χ0v) is 21.9. The molecule has 1 heterocycles. The Morgan fingerprint density at radius 3 is 2.58 bits per heavy atom. The van der Waals surface area contributed by atoms with Gasteiger partial charge in [-0.3, -0.25) is 9.69 Å². The van der Waals surface area contributed by atoms with E-state index < -0.39 is 5.97 Å². The number of carboxylic acid groups (broad SMARTS) is 1. The maximum absolute atomic E-state index is 13.2. The monoisotopic (exact) mass is 539 g/mol. The number of hydrogen-bond donors (Lipinski definition) is 1. The second-order valence-corrected chi connectivity index (χ2v) is 10.1. The summed E-state index contributed by atoms with van der Waals surface area (Å²) < 4.78 is 12.0. The van der Waals surface area contributed by atoms with Crippen LogP contribution in [0.5, 0.6) is 11.5 Å². The number of thiocarbonyl (C=S) groups is 1. The minimum Gasteiger partial charge on any atom is -0.490 e. The summed E-state index contributed by atoms with van der Waals surface area (Å²) in [5.74, 6) is -0.119. The standard InChI is InChI=1S/C27H22ClNO5S2/c1-16-6-8-22(12-17(16)2)33-10-11-34-23-9-7-20(28)13-19(23)15-24-25(30)29(27(35)36-24)21-5-3-4-18(14-21)26(31)32/h3-9,12-15H,10-11H2,1-2H3,(H,31,32)/b24-15-. The molecule has 6 nitrogen and oxygen atoms in total. The van der Waals surface area contributed by atoms with Gasteiger partial charge >= 0.3 is 5.97 Å². The van der Waals surface area contributed by atoms with Crippen molar-refractivity contribution in [3.63, 3.8) is 0 Å². The topological polar surface area (TPSA) is 76.1 Å². The Morgan fingerprint density at radius 1 is 1.06 bits per heavy atom. The van der Waals surface area contributed by atoms with Gasteiger partial charge in [-0.15, -0.1) is 0 Å². The second-order valence-electron chi connectivity index (χ2n) is 8.00. The van der Waals surface area contributed by atoms with E-state index in [9.17, 15) is 14.7 Å². The molecule has 0 bridgehead atoms. The molecule has 0 saturated carbocycles. The van der Waals surface area contributed by atoms with Crippen molar-refractivity contribution >= 4 is 63.5 Å². The van der Waals surface area contributed by atoms with Gasteiger partial charge in [-0.05, 0) is 79.6 Å². The zero-order valence-electron chi connectivity index (χ0n) is 19.5. The van der Waals surface area contributed by atoms with E-state index in [4.69, 9.17) is 33.3 Å². The van der Waals surface area contributed by atoms with Gasteiger partial charge in [0.1, 0.15) is 24.7 Å². The molecule has 1 N–H and O–H groups in total. The number of benzene rings is 3. The van der Waals surface area contributed by atoms with Crippen molar-refractivity contribution in [1.82, 2.24) is 0 Å². The predicted octanol–water partition coefficient (Wildman–Crippen LogP) is 6.52. The molecule has 1 amide bonds. The number of halogens is 1. The molecule has 1 aliphatic rings. The number of ether oxygens (including phenoxy) is 2. The number of amides is 1.